The average molecular weight is 236 g/mol. The van der Waals surface area contributed by atoms with Gasteiger partial charge in [-0.2, -0.15) is 0 Å². The zero-order valence-corrected chi connectivity index (χ0v) is 10.4. The van der Waals surface area contributed by atoms with Gasteiger partial charge in [0.25, 0.3) is 5.56 Å². The molecule has 0 saturated heterocycles. The molecular weight excluding hydrogens is 216 g/mol. The minimum absolute atomic E-state index is 0.0720. The van der Waals surface area contributed by atoms with Gasteiger partial charge in [-0.15, -0.1) is 0 Å². The molecule has 2 rings (SSSR count). The van der Waals surface area contributed by atoms with Crippen molar-refractivity contribution in [3.05, 3.63) is 28.9 Å². The van der Waals surface area contributed by atoms with Crippen LogP contribution in [-0.2, 0) is 0 Å². The first-order valence-electron chi connectivity index (χ1n) is 6.30. The van der Waals surface area contributed by atoms with Gasteiger partial charge in [0.2, 0.25) is 0 Å². The quantitative estimate of drug-likeness (QED) is 0.848. The van der Waals surface area contributed by atoms with Gasteiger partial charge in [0.15, 0.2) is 0 Å². The van der Waals surface area contributed by atoms with Crippen LogP contribution in [0.15, 0.2) is 23.4 Å². The van der Waals surface area contributed by atoms with Crippen LogP contribution in [0.1, 0.15) is 39.2 Å². The third-order valence-electron chi connectivity index (χ3n) is 3.81. The van der Waals surface area contributed by atoms with E-state index in [4.69, 9.17) is 0 Å². The fourth-order valence-corrected chi connectivity index (χ4v) is 2.88. The van der Waals surface area contributed by atoms with E-state index in [1.165, 1.54) is 6.20 Å². The number of hydrogen-bond acceptors (Lipinski definition) is 3. The second-order valence-corrected chi connectivity index (χ2v) is 5.26. The van der Waals surface area contributed by atoms with Crippen LogP contribution >= 0.6 is 0 Å². The largest absolute Gasteiger partial charge is 0.393 e. The number of aliphatic hydroxyl groups excluding tert-OH is 1. The Balaban J connectivity index is 2.32. The van der Waals surface area contributed by atoms with Gasteiger partial charge < -0.3 is 9.67 Å². The Morgan fingerprint density at radius 1 is 1.47 bits per heavy atom. The van der Waals surface area contributed by atoms with Crippen molar-refractivity contribution in [2.45, 2.75) is 45.3 Å². The molecule has 4 nitrogen and oxygen atoms in total. The number of aromatic nitrogens is 2. The van der Waals surface area contributed by atoms with Crippen LogP contribution in [0.2, 0.25) is 0 Å². The van der Waals surface area contributed by atoms with Crippen molar-refractivity contribution in [3.8, 4) is 0 Å². The summed E-state index contributed by atoms with van der Waals surface area (Å²) < 4.78 is 1.74. The standard InChI is InChI=1S/C13H20N2O2/c1-9(2)11-4-3-10(16)7-12(11)15-6-5-14-8-13(15)17/h5-6,8-12,16H,3-4,7H2,1-2H3. The molecule has 1 fully saturated rings. The molecule has 3 atom stereocenters. The molecule has 4 heteroatoms. The third-order valence-corrected chi connectivity index (χ3v) is 3.81. The van der Waals surface area contributed by atoms with Crippen LogP contribution in [0, 0.1) is 11.8 Å². The highest BCUT2D eigenvalue weighted by Crippen LogP contribution is 2.37. The molecule has 94 valence electrons. The first-order chi connectivity index (χ1) is 8.09. The first kappa shape index (κ1) is 12.3. The lowest BCUT2D eigenvalue weighted by Crippen LogP contribution is -2.37. The summed E-state index contributed by atoms with van der Waals surface area (Å²) in [5.74, 6) is 0.978. The summed E-state index contributed by atoms with van der Waals surface area (Å²) in [5, 5.41) is 9.80. The molecular formula is C13H20N2O2. The molecule has 1 heterocycles. The molecule has 0 aliphatic heterocycles. The van der Waals surface area contributed by atoms with Crippen LogP contribution < -0.4 is 5.56 Å². The van der Waals surface area contributed by atoms with Gasteiger partial charge in [0, 0.05) is 18.4 Å². The third kappa shape index (κ3) is 2.57. The molecule has 1 aromatic heterocycles. The molecule has 0 bridgehead atoms. The topological polar surface area (TPSA) is 55.1 Å². The lowest BCUT2D eigenvalue weighted by atomic mass is 9.76. The number of aliphatic hydroxyl groups is 1. The number of nitrogens with zero attached hydrogens (tertiary/aromatic N) is 2. The fraction of sp³-hybridized carbons (Fsp3) is 0.692. The zero-order valence-electron chi connectivity index (χ0n) is 10.4. The molecule has 17 heavy (non-hydrogen) atoms. The highest BCUT2D eigenvalue weighted by Gasteiger charge is 2.32. The van der Waals surface area contributed by atoms with Crippen molar-refractivity contribution in [2.75, 3.05) is 0 Å². The molecule has 0 amide bonds. The monoisotopic (exact) mass is 236 g/mol. The molecule has 1 saturated carbocycles. The zero-order chi connectivity index (χ0) is 12.4. The molecule has 0 aromatic carbocycles. The second kappa shape index (κ2) is 5.00. The highest BCUT2D eigenvalue weighted by atomic mass is 16.3. The van der Waals surface area contributed by atoms with Gasteiger partial charge in [-0.1, -0.05) is 13.8 Å². The summed E-state index contributed by atoms with van der Waals surface area (Å²) in [7, 11) is 0. The maximum absolute atomic E-state index is 11.8. The number of rotatable bonds is 2. The number of hydrogen-bond donors (Lipinski definition) is 1. The lowest BCUT2D eigenvalue weighted by Gasteiger charge is -2.37. The van der Waals surface area contributed by atoms with Gasteiger partial charge in [0.05, 0.1) is 12.3 Å². The highest BCUT2D eigenvalue weighted by molar-refractivity contribution is 4.91. The molecule has 0 radical (unpaired) electrons. The minimum atomic E-state index is -0.282. The van der Waals surface area contributed by atoms with E-state index < -0.39 is 0 Å². The van der Waals surface area contributed by atoms with E-state index in [0.717, 1.165) is 12.8 Å². The molecule has 1 aromatic rings. The smallest absolute Gasteiger partial charge is 0.269 e. The Kier molecular flexibility index (Phi) is 3.62. The first-order valence-corrected chi connectivity index (χ1v) is 6.30. The van der Waals surface area contributed by atoms with E-state index >= 15 is 0 Å². The van der Waals surface area contributed by atoms with Gasteiger partial charge in [0.1, 0.15) is 0 Å². The summed E-state index contributed by atoms with van der Waals surface area (Å²) >= 11 is 0. The Morgan fingerprint density at radius 3 is 2.88 bits per heavy atom. The normalized spacial score (nSPS) is 29.5. The van der Waals surface area contributed by atoms with Crippen LogP contribution in [-0.4, -0.2) is 20.8 Å². The van der Waals surface area contributed by atoms with Crippen LogP contribution in [0.4, 0.5) is 0 Å². The van der Waals surface area contributed by atoms with E-state index in [-0.39, 0.29) is 17.7 Å². The summed E-state index contributed by atoms with van der Waals surface area (Å²) in [5.41, 5.74) is -0.0720. The van der Waals surface area contributed by atoms with Crippen molar-refractivity contribution in [1.29, 1.82) is 0 Å². The van der Waals surface area contributed by atoms with Crippen LogP contribution in [0.3, 0.4) is 0 Å². The van der Waals surface area contributed by atoms with Crippen LogP contribution in [0.5, 0.6) is 0 Å². The van der Waals surface area contributed by atoms with Gasteiger partial charge in [-0.25, -0.2) is 0 Å². The van der Waals surface area contributed by atoms with E-state index in [9.17, 15) is 9.90 Å². The second-order valence-electron chi connectivity index (χ2n) is 5.26. The Labute approximate surface area is 101 Å². The maximum atomic E-state index is 11.8. The Hall–Kier alpha value is -1.16. The average Bonchev–Trinajstić information content (AvgIpc) is 2.29. The van der Waals surface area contributed by atoms with Gasteiger partial charge in [-0.05, 0) is 31.1 Å². The van der Waals surface area contributed by atoms with E-state index in [1.807, 2.05) is 0 Å². The van der Waals surface area contributed by atoms with Crippen molar-refractivity contribution < 1.29 is 5.11 Å². The molecule has 1 aliphatic rings. The summed E-state index contributed by atoms with van der Waals surface area (Å²) in [6.07, 6.45) is 6.94. The van der Waals surface area contributed by atoms with Crippen molar-refractivity contribution in [2.24, 2.45) is 11.8 Å². The summed E-state index contributed by atoms with van der Waals surface area (Å²) in [6.45, 7) is 4.36. The van der Waals surface area contributed by atoms with Crippen LogP contribution in [0.25, 0.3) is 0 Å². The van der Waals surface area contributed by atoms with E-state index in [2.05, 4.69) is 18.8 Å². The molecule has 1 aliphatic carbocycles. The minimum Gasteiger partial charge on any atom is -0.393 e. The van der Waals surface area contributed by atoms with Gasteiger partial charge in [-0.3, -0.25) is 9.78 Å². The Morgan fingerprint density at radius 2 is 2.24 bits per heavy atom. The van der Waals surface area contributed by atoms with E-state index in [1.54, 1.807) is 17.0 Å². The predicted molar refractivity (Wildman–Crippen MR) is 65.7 cm³/mol. The SMILES string of the molecule is CC(C)C1CCC(O)CC1n1ccncc1=O. The summed E-state index contributed by atoms with van der Waals surface area (Å²) in [6, 6.07) is 0.106. The van der Waals surface area contributed by atoms with Gasteiger partial charge >= 0.3 is 0 Å². The predicted octanol–water partition coefficient (Wildman–Crippen LogP) is 1.60. The molecule has 1 N–H and O–H groups in total. The Bertz CT molecular complexity index is 427. The van der Waals surface area contributed by atoms with E-state index in [0.29, 0.717) is 18.3 Å². The fourth-order valence-electron chi connectivity index (χ4n) is 2.88. The summed E-state index contributed by atoms with van der Waals surface area (Å²) in [4.78, 5) is 15.6. The maximum Gasteiger partial charge on any atom is 0.269 e. The van der Waals surface area contributed by atoms with Crippen molar-refractivity contribution >= 4 is 0 Å². The van der Waals surface area contributed by atoms with Crippen molar-refractivity contribution in [1.82, 2.24) is 9.55 Å². The lowest BCUT2D eigenvalue weighted by molar-refractivity contribution is 0.0554. The van der Waals surface area contributed by atoms with Crippen molar-refractivity contribution in [3.63, 3.8) is 0 Å². The molecule has 3 unspecified atom stereocenters. The molecule has 0 spiro atoms.